The molecule has 5 rings (SSSR count). The van der Waals surface area contributed by atoms with Crippen molar-refractivity contribution < 1.29 is 9.90 Å². The minimum Gasteiger partial charge on any atom is -0.391 e. The molecule has 1 aromatic carbocycles. The van der Waals surface area contributed by atoms with E-state index in [4.69, 9.17) is 4.98 Å². The highest BCUT2D eigenvalue weighted by Crippen LogP contribution is 2.30. The maximum atomic E-state index is 12.9. The number of aromatic nitrogens is 3. The first kappa shape index (κ1) is 28.1. The number of nitrogens with one attached hydrogen (secondary N) is 3. The third kappa shape index (κ3) is 6.29. The lowest BCUT2D eigenvalue weighted by Gasteiger charge is -2.28. The molecule has 0 saturated carbocycles. The summed E-state index contributed by atoms with van der Waals surface area (Å²) in [5, 5.41) is 25.3. The van der Waals surface area contributed by atoms with Crippen LogP contribution in [-0.2, 0) is 17.8 Å². The summed E-state index contributed by atoms with van der Waals surface area (Å²) in [6.07, 6.45) is 6.91. The van der Waals surface area contributed by atoms with E-state index in [0.717, 1.165) is 60.0 Å². The number of fused-ring (bicyclic) bond motifs is 2. The van der Waals surface area contributed by atoms with Crippen LogP contribution in [-0.4, -0.2) is 83.4 Å². The van der Waals surface area contributed by atoms with Crippen molar-refractivity contribution in [1.29, 1.82) is 0 Å². The van der Waals surface area contributed by atoms with Gasteiger partial charge in [0.2, 0.25) is 0 Å². The minimum absolute atomic E-state index is 0.0221. The first-order valence-corrected chi connectivity index (χ1v) is 14.3. The standard InChI is InChI=1S/C30H42N8O2/c1-20(2)24-18-34-38-28(15-27(35-30(24)38)32-17-23-9-11-31-19-26(23)39)33-16-21-7-8-22-10-13-37(25(22)14-21)29(40)6-5-12-36(3)4/h5-8,14-15,18,20,23,26,31,33,39H,9-13,16-17,19H2,1-4H3,(H,32,35)/b6-5+/t23-,26+/m1/s1. The van der Waals surface area contributed by atoms with E-state index in [0.29, 0.717) is 26.2 Å². The van der Waals surface area contributed by atoms with Crippen molar-refractivity contribution in [2.45, 2.75) is 45.3 Å². The van der Waals surface area contributed by atoms with E-state index in [-0.39, 0.29) is 23.8 Å². The van der Waals surface area contributed by atoms with Crippen LogP contribution in [0.25, 0.3) is 5.65 Å². The fraction of sp³-hybridized carbons (Fsp3) is 0.500. The van der Waals surface area contributed by atoms with Crippen LogP contribution in [0.5, 0.6) is 0 Å². The van der Waals surface area contributed by atoms with Crippen molar-refractivity contribution in [3.63, 3.8) is 0 Å². The van der Waals surface area contributed by atoms with Crippen molar-refractivity contribution in [2.24, 2.45) is 5.92 Å². The lowest BCUT2D eigenvalue weighted by atomic mass is 9.95. The molecule has 40 heavy (non-hydrogen) atoms. The second kappa shape index (κ2) is 12.4. The molecule has 0 bridgehead atoms. The predicted molar refractivity (Wildman–Crippen MR) is 160 cm³/mol. The molecule has 0 spiro atoms. The van der Waals surface area contributed by atoms with Gasteiger partial charge in [-0.3, -0.25) is 4.79 Å². The van der Waals surface area contributed by atoms with Crippen molar-refractivity contribution in [1.82, 2.24) is 24.8 Å². The van der Waals surface area contributed by atoms with Gasteiger partial charge < -0.3 is 30.9 Å². The Labute approximate surface area is 236 Å². The smallest absolute Gasteiger partial charge is 0.250 e. The van der Waals surface area contributed by atoms with E-state index in [1.807, 2.05) is 46.7 Å². The molecule has 0 unspecified atom stereocenters. The molecule has 2 aliphatic rings. The van der Waals surface area contributed by atoms with Crippen molar-refractivity contribution in [2.75, 3.05) is 62.4 Å². The number of amides is 1. The van der Waals surface area contributed by atoms with Crippen LogP contribution in [0, 0.1) is 5.92 Å². The molecule has 2 aliphatic heterocycles. The van der Waals surface area contributed by atoms with Crippen LogP contribution < -0.4 is 20.9 Å². The van der Waals surface area contributed by atoms with Crippen LogP contribution in [0.15, 0.2) is 42.6 Å². The summed E-state index contributed by atoms with van der Waals surface area (Å²) in [6, 6.07) is 8.36. The first-order chi connectivity index (χ1) is 19.3. The van der Waals surface area contributed by atoms with E-state index in [9.17, 15) is 9.90 Å². The highest BCUT2D eigenvalue weighted by molar-refractivity contribution is 6.03. The third-order valence-corrected chi connectivity index (χ3v) is 7.77. The summed E-state index contributed by atoms with van der Waals surface area (Å²) >= 11 is 0. The lowest BCUT2D eigenvalue weighted by Crippen LogP contribution is -2.43. The molecule has 1 fully saturated rings. The second-order valence-corrected chi connectivity index (χ2v) is 11.4. The molecular weight excluding hydrogens is 504 g/mol. The van der Waals surface area contributed by atoms with Crippen LogP contribution >= 0.6 is 0 Å². The van der Waals surface area contributed by atoms with E-state index in [1.165, 1.54) is 5.56 Å². The molecule has 214 valence electrons. The number of nitrogens with zero attached hydrogens (tertiary/aromatic N) is 5. The zero-order valence-corrected chi connectivity index (χ0v) is 24.0. The van der Waals surface area contributed by atoms with Gasteiger partial charge >= 0.3 is 0 Å². The fourth-order valence-electron chi connectivity index (χ4n) is 5.38. The summed E-state index contributed by atoms with van der Waals surface area (Å²) in [6.45, 7) is 8.50. The van der Waals surface area contributed by atoms with Gasteiger partial charge in [-0.1, -0.05) is 32.1 Å². The number of anilines is 3. The molecule has 2 atom stereocenters. The number of aliphatic hydroxyl groups is 1. The van der Waals surface area contributed by atoms with Gasteiger partial charge in [0.15, 0.2) is 5.65 Å². The van der Waals surface area contributed by atoms with Crippen LogP contribution in [0.1, 0.15) is 42.9 Å². The number of carbonyl (C=O) groups excluding carboxylic acids is 1. The molecule has 4 heterocycles. The summed E-state index contributed by atoms with van der Waals surface area (Å²) in [5.41, 5.74) is 5.18. The monoisotopic (exact) mass is 546 g/mol. The fourth-order valence-corrected chi connectivity index (χ4v) is 5.38. The number of piperidine rings is 1. The predicted octanol–water partition coefficient (Wildman–Crippen LogP) is 2.85. The van der Waals surface area contributed by atoms with E-state index >= 15 is 0 Å². The highest BCUT2D eigenvalue weighted by Gasteiger charge is 2.24. The van der Waals surface area contributed by atoms with Gasteiger partial charge in [0.05, 0.1) is 12.3 Å². The van der Waals surface area contributed by atoms with E-state index in [2.05, 4.69) is 53.1 Å². The Morgan fingerprint density at radius 3 is 2.90 bits per heavy atom. The molecule has 1 saturated heterocycles. The minimum atomic E-state index is -0.363. The van der Waals surface area contributed by atoms with Crippen LogP contribution in [0.2, 0.25) is 0 Å². The van der Waals surface area contributed by atoms with Gasteiger partial charge in [0, 0.05) is 62.0 Å². The average Bonchev–Trinajstić information content (AvgIpc) is 3.55. The summed E-state index contributed by atoms with van der Waals surface area (Å²) in [5.74, 6) is 2.09. The molecule has 4 N–H and O–H groups in total. The Kier molecular flexibility index (Phi) is 8.68. The number of β-amino-alcohol motifs (C(OH)–C–C–N with tert-alkyl or cyclic N) is 1. The summed E-state index contributed by atoms with van der Waals surface area (Å²) in [7, 11) is 3.97. The van der Waals surface area contributed by atoms with Gasteiger partial charge in [-0.05, 0) is 56.6 Å². The van der Waals surface area contributed by atoms with Crippen LogP contribution in [0.4, 0.5) is 17.3 Å². The normalized spacial score (nSPS) is 19.2. The zero-order chi connectivity index (χ0) is 28.2. The first-order valence-electron chi connectivity index (χ1n) is 14.3. The quantitative estimate of drug-likeness (QED) is 0.288. The third-order valence-electron chi connectivity index (χ3n) is 7.77. The molecule has 0 radical (unpaired) electrons. The summed E-state index contributed by atoms with van der Waals surface area (Å²) in [4.78, 5) is 21.7. The van der Waals surface area contributed by atoms with Gasteiger partial charge in [-0.15, -0.1) is 0 Å². The Morgan fingerprint density at radius 2 is 2.12 bits per heavy atom. The molecule has 0 aliphatic carbocycles. The van der Waals surface area contributed by atoms with Crippen molar-refractivity contribution in [3.05, 3.63) is 59.3 Å². The average molecular weight is 547 g/mol. The number of likely N-dealkylation sites (N-methyl/N-ethyl adjacent to an activating group) is 1. The van der Waals surface area contributed by atoms with E-state index in [1.54, 1.807) is 6.08 Å². The number of carbonyl (C=O) groups is 1. The number of rotatable bonds is 10. The SMILES string of the molecule is CC(C)c1cnn2c(NCc3ccc4c(c3)N(C(=O)/C=C/CN(C)C)CC4)cc(NC[C@H]3CCNC[C@@H]3O)nc12. The maximum Gasteiger partial charge on any atom is 0.250 e. The molecule has 2 aromatic heterocycles. The van der Waals surface area contributed by atoms with Crippen LogP contribution in [0.3, 0.4) is 0 Å². The number of benzene rings is 1. The Bertz CT molecular complexity index is 1370. The molecule has 1 amide bonds. The molecular formula is C30H42N8O2. The van der Waals surface area contributed by atoms with E-state index < -0.39 is 0 Å². The Hall–Kier alpha value is -3.47. The second-order valence-electron chi connectivity index (χ2n) is 11.4. The van der Waals surface area contributed by atoms with Gasteiger partial charge in [0.1, 0.15) is 11.6 Å². The number of aliphatic hydroxyl groups excluding tert-OH is 1. The maximum absolute atomic E-state index is 12.9. The lowest BCUT2D eigenvalue weighted by molar-refractivity contribution is -0.114. The molecule has 10 heteroatoms. The van der Waals surface area contributed by atoms with Gasteiger partial charge in [-0.2, -0.15) is 9.61 Å². The molecule has 3 aromatic rings. The number of hydrogen-bond acceptors (Lipinski definition) is 8. The van der Waals surface area contributed by atoms with Crippen molar-refractivity contribution in [3.8, 4) is 0 Å². The van der Waals surface area contributed by atoms with Gasteiger partial charge in [0.25, 0.3) is 5.91 Å². The highest BCUT2D eigenvalue weighted by atomic mass is 16.3. The van der Waals surface area contributed by atoms with Gasteiger partial charge in [-0.25, -0.2) is 4.98 Å². The molecule has 10 nitrogen and oxygen atoms in total. The Balaban J connectivity index is 1.34. The van der Waals surface area contributed by atoms with Crippen molar-refractivity contribution >= 4 is 28.9 Å². The topological polar surface area (TPSA) is 110 Å². The number of hydrogen-bond donors (Lipinski definition) is 4. The largest absolute Gasteiger partial charge is 0.391 e. The Morgan fingerprint density at radius 1 is 1.27 bits per heavy atom. The summed E-state index contributed by atoms with van der Waals surface area (Å²) < 4.78 is 1.86. The zero-order valence-electron chi connectivity index (χ0n) is 24.0.